The van der Waals surface area contributed by atoms with Crippen molar-refractivity contribution < 1.29 is 4.79 Å². The second-order valence-electron chi connectivity index (χ2n) is 6.53. The van der Waals surface area contributed by atoms with Crippen molar-refractivity contribution in [2.24, 2.45) is 7.05 Å². The van der Waals surface area contributed by atoms with Crippen LogP contribution in [0.1, 0.15) is 53.6 Å². The molecule has 1 N–H and O–H groups in total. The zero-order chi connectivity index (χ0) is 17.3. The van der Waals surface area contributed by atoms with E-state index in [1.165, 1.54) is 0 Å². The fourth-order valence-corrected chi connectivity index (χ4v) is 3.33. The van der Waals surface area contributed by atoms with Crippen LogP contribution >= 0.6 is 0 Å². The van der Waals surface area contributed by atoms with Gasteiger partial charge in [-0.3, -0.25) is 14.3 Å². The molecule has 1 aliphatic carbocycles. The van der Waals surface area contributed by atoms with Gasteiger partial charge in [0, 0.05) is 19.2 Å². The smallest absolute Gasteiger partial charge is 0.269 e. The van der Waals surface area contributed by atoms with E-state index < -0.39 is 0 Å². The van der Waals surface area contributed by atoms with Crippen LogP contribution < -0.4 is 10.9 Å². The molecule has 1 amide bonds. The van der Waals surface area contributed by atoms with Crippen molar-refractivity contribution in [1.82, 2.24) is 24.9 Å². The van der Waals surface area contributed by atoms with Crippen LogP contribution in [0.2, 0.25) is 0 Å². The first kappa shape index (κ1) is 16.4. The third kappa shape index (κ3) is 3.39. The topological polar surface area (TPSA) is 81.8 Å². The molecule has 3 rings (SSSR count). The number of hydrogen-bond donors (Lipinski definition) is 1. The lowest BCUT2D eigenvalue weighted by Gasteiger charge is -2.29. The Morgan fingerprint density at radius 1 is 1.12 bits per heavy atom. The van der Waals surface area contributed by atoms with Gasteiger partial charge in [-0.15, -0.1) is 0 Å². The zero-order valence-corrected chi connectivity index (χ0v) is 14.3. The lowest BCUT2D eigenvalue weighted by molar-refractivity contribution is 0.0911. The van der Waals surface area contributed by atoms with Gasteiger partial charge in [-0.25, -0.2) is 4.68 Å². The summed E-state index contributed by atoms with van der Waals surface area (Å²) in [5, 5.41) is 11.6. The maximum absolute atomic E-state index is 12.4. The van der Waals surface area contributed by atoms with Gasteiger partial charge in [0.1, 0.15) is 5.69 Å². The summed E-state index contributed by atoms with van der Waals surface area (Å²) in [6, 6.07) is 5.34. The molecule has 2 aromatic rings. The number of amides is 1. The molecule has 0 unspecified atom stereocenters. The van der Waals surface area contributed by atoms with E-state index in [-0.39, 0.29) is 23.6 Å². The first-order chi connectivity index (χ1) is 11.4. The zero-order valence-electron chi connectivity index (χ0n) is 14.3. The summed E-state index contributed by atoms with van der Waals surface area (Å²) in [5.41, 5.74) is 2.19. The second-order valence-corrected chi connectivity index (χ2v) is 6.53. The van der Waals surface area contributed by atoms with Gasteiger partial charge in [0.05, 0.1) is 17.4 Å². The van der Waals surface area contributed by atoms with Crippen LogP contribution in [0.5, 0.6) is 0 Å². The first-order valence-electron chi connectivity index (χ1n) is 8.32. The molecule has 0 radical (unpaired) electrons. The van der Waals surface area contributed by atoms with Gasteiger partial charge >= 0.3 is 0 Å². The molecule has 0 aromatic carbocycles. The van der Waals surface area contributed by atoms with Crippen LogP contribution in [0.25, 0.3) is 0 Å². The van der Waals surface area contributed by atoms with Gasteiger partial charge < -0.3 is 5.32 Å². The summed E-state index contributed by atoms with van der Waals surface area (Å²) in [5.74, 6) is -0.0904. The van der Waals surface area contributed by atoms with E-state index in [0.717, 1.165) is 37.1 Å². The summed E-state index contributed by atoms with van der Waals surface area (Å²) >= 11 is 0. The van der Waals surface area contributed by atoms with E-state index in [4.69, 9.17) is 0 Å². The van der Waals surface area contributed by atoms with Crippen LogP contribution in [0.15, 0.2) is 23.0 Å². The number of carbonyl (C=O) groups excluding carboxylic acids is 1. The molecular weight excluding hydrogens is 306 g/mol. The minimum Gasteiger partial charge on any atom is -0.348 e. The van der Waals surface area contributed by atoms with E-state index in [9.17, 15) is 9.59 Å². The Morgan fingerprint density at radius 2 is 1.83 bits per heavy atom. The molecule has 2 aromatic heterocycles. The quantitative estimate of drug-likeness (QED) is 0.925. The molecule has 0 bridgehead atoms. The highest BCUT2D eigenvalue weighted by Gasteiger charge is 2.25. The highest BCUT2D eigenvalue weighted by atomic mass is 16.2. The summed E-state index contributed by atoms with van der Waals surface area (Å²) < 4.78 is 3.20. The average molecular weight is 329 g/mol. The van der Waals surface area contributed by atoms with Gasteiger partial charge in [0.25, 0.3) is 11.5 Å². The lowest BCUT2D eigenvalue weighted by atomic mass is 9.91. The largest absolute Gasteiger partial charge is 0.348 e. The Kier molecular flexibility index (Phi) is 4.51. The van der Waals surface area contributed by atoms with Crippen LogP contribution in [-0.2, 0) is 7.05 Å². The maximum atomic E-state index is 12.4. The molecule has 1 saturated carbocycles. The minimum absolute atomic E-state index is 0.0570. The molecular formula is C17H23N5O2. The third-order valence-corrected chi connectivity index (χ3v) is 4.57. The van der Waals surface area contributed by atoms with Gasteiger partial charge in [-0.05, 0) is 51.7 Å². The molecule has 0 saturated heterocycles. The van der Waals surface area contributed by atoms with Crippen LogP contribution in [0.4, 0.5) is 0 Å². The maximum Gasteiger partial charge on any atom is 0.269 e. The van der Waals surface area contributed by atoms with Gasteiger partial charge in [-0.2, -0.15) is 10.2 Å². The molecule has 1 fully saturated rings. The summed E-state index contributed by atoms with van der Waals surface area (Å²) in [4.78, 5) is 24.3. The van der Waals surface area contributed by atoms with Crippen LogP contribution in [-0.4, -0.2) is 31.5 Å². The van der Waals surface area contributed by atoms with E-state index in [1.54, 1.807) is 34.6 Å². The first-order valence-corrected chi connectivity index (χ1v) is 8.32. The number of aromatic nitrogens is 4. The number of nitrogens with zero attached hydrogens (tertiary/aromatic N) is 4. The van der Waals surface area contributed by atoms with Gasteiger partial charge in [0.15, 0.2) is 0 Å². The average Bonchev–Trinajstić information content (AvgIpc) is 2.89. The van der Waals surface area contributed by atoms with E-state index >= 15 is 0 Å². The molecule has 0 aliphatic heterocycles. The van der Waals surface area contributed by atoms with Crippen molar-refractivity contribution >= 4 is 5.91 Å². The summed E-state index contributed by atoms with van der Waals surface area (Å²) in [6.45, 7) is 3.76. The molecule has 128 valence electrons. The molecule has 7 nitrogen and oxygen atoms in total. The van der Waals surface area contributed by atoms with Crippen molar-refractivity contribution in [3.63, 3.8) is 0 Å². The van der Waals surface area contributed by atoms with Crippen LogP contribution in [0.3, 0.4) is 0 Å². The van der Waals surface area contributed by atoms with Crippen molar-refractivity contribution in [2.75, 3.05) is 0 Å². The van der Waals surface area contributed by atoms with Crippen LogP contribution in [0, 0.1) is 13.8 Å². The van der Waals surface area contributed by atoms with E-state index in [2.05, 4.69) is 15.5 Å². The van der Waals surface area contributed by atoms with Crippen molar-refractivity contribution in [1.29, 1.82) is 0 Å². The lowest BCUT2D eigenvalue weighted by Crippen LogP contribution is -2.40. The minimum atomic E-state index is -0.0904. The molecule has 7 heteroatoms. The Labute approximate surface area is 140 Å². The Hall–Kier alpha value is -2.44. The molecule has 24 heavy (non-hydrogen) atoms. The Bertz CT molecular complexity index is 800. The van der Waals surface area contributed by atoms with Crippen molar-refractivity contribution in [2.45, 2.75) is 51.6 Å². The Balaban J connectivity index is 1.61. The predicted octanol–water partition coefficient (Wildman–Crippen LogP) is 1.51. The highest BCUT2D eigenvalue weighted by molar-refractivity contribution is 5.92. The van der Waals surface area contributed by atoms with E-state index in [0.29, 0.717) is 5.69 Å². The summed E-state index contributed by atoms with van der Waals surface area (Å²) in [6.07, 6.45) is 3.36. The third-order valence-electron chi connectivity index (χ3n) is 4.57. The molecule has 0 atom stereocenters. The Morgan fingerprint density at radius 3 is 2.46 bits per heavy atom. The fraction of sp³-hybridized carbons (Fsp3) is 0.529. The fourth-order valence-electron chi connectivity index (χ4n) is 3.33. The SMILES string of the molecule is Cc1cc(C(=O)NC2CCC(n3nc(C)ccc3=O)CC2)n(C)n1. The number of rotatable bonds is 3. The van der Waals surface area contributed by atoms with Gasteiger partial charge in [0.2, 0.25) is 0 Å². The standard InChI is InChI=1S/C17H23N5O2/c1-11-4-9-16(23)22(20-11)14-7-5-13(6-8-14)18-17(24)15-10-12(2)19-21(15)3/h4,9-10,13-14H,5-8H2,1-3H3,(H,18,24). The van der Waals surface area contributed by atoms with Gasteiger partial charge in [-0.1, -0.05) is 0 Å². The normalized spacial score (nSPS) is 20.8. The molecule has 1 aliphatic rings. The second kappa shape index (κ2) is 6.59. The molecule has 2 heterocycles. The number of carbonyl (C=O) groups is 1. The van der Waals surface area contributed by atoms with E-state index in [1.807, 2.05) is 13.8 Å². The number of nitrogens with one attached hydrogen (secondary N) is 1. The molecule has 0 spiro atoms. The number of aryl methyl sites for hydroxylation is 3. The number of hydrogen-bond acceptors (Lipinski definition) is 4. The monoisotopic (exact) mass is 329 g/mol. The van der Waals surface area contributed by atoms with Crippen molar-refractivity contribution in [3.05, 3.63) is 45.6 Å². The summed E-state index contributed by atoms with van der Waals surface area (Å²) in [7, 11) is 1.77. The highest BCUT2D eigenvalue weighted by Crippen LogP contribution is 2.27. The predicted molar refractivity (Wildman–Crippen MR) is 89.9 cm³/mol. The van der Waals surface area contributed by atoms with Crippen molar-refractivity contribution in [3.8, 4) is 0 Å².